The van der Waals surface area contributed by atoms with E-state index in [4.69, 9.17) is 5.11 Å². The second-order valence-electron chi connectivity index (χ2n) is 4.87. The molecule has 0 aromatic rings. The topological polar surface area (TPSA) is 69.6 Å². The number of amides is 2. The van der Waals surface area contributed by atoms with E-state index in [-0.39, 0.29) is 12.6 Å². The number of aliphatic carboxylic acids is 1. The zero-order valence-electron chi connectivity index (χ0n) is 12.0. The molecule has 5 nitrogen and oxygen atoms in total. The van der Waals surface area contributed by atoms with Crippen LogP contribution in [-0.4, -0.2) is 41.6 Å². The molecular formula is C13H26N2O3. The Morgan fingerprint density at radius 3 is 2.00 bits per heavy atom. The van der Waals surface area contributed by atoms with Crippen LogP contribution in [0.5, 0.6) is 0 Å². The van der Waals surface area contributed by atoms with E-state index >= 15 is 0 Å². The predicted octanol–water partition coefficient (Wildman–Crippen LogP) is 2.32. The lowest BCUT2D eigenvalue weighted by molar-refractivity contribution is -0.147. The number of urea groups is 1. The second kappa shape index (κ2) is 7.95. The third-order valence-corrected chi connectivity index (χ3v) is 3.20. The summed E-state index contributed by atoms with van der Waals surface area (Å²) in [7, 11) is 0. The van der Waals surface area contributed by atoms with Gasteiger partial charge in [-0.25, -0.2) is 4.79 Å². The normalized spacial score (nSPS) is 13.8. The summed E-state index contributed by atoms with van der Waals surface area (Å²) in [4.78, 5) is 24.8. The molecule has 0 aromatic heterocycles. The average Bonchev–Trinajstić information content (AvgIpc) is 2.35. The largest absolute Gasteiger partial charge is 0.481 e. The fourth-order valence-electron chi connectivity index (χ4n) is 1.59. The number of hydrogen-bond acceptors (Lipinski definition) is 2. The molecule has 106 valence electrons. The molecule has 0 aliphatic rings. The Balaban J connectivity index is 4.41. The van der Waals surface area contributed by atoms with Crippen molar-refractivity contribution in [1.82, 2.24) is 10.2 Å². The van der Waals surface area contributed by atoms with E-state index in [1.165, 1.54) is 0 Å². The van der Waals surface area contributed by atoms with Gasteiger partial charge >= 0.3 is 12.0 Å². The maximum atomic E-state index is 11.9. The van der Waals surface area contributed by atoms with E-state index in [1.54, 1.807) is 11.8 Å². The third-order valence-electron chi connectivity index (χ3n) is 3.20. The van der Waals surface area contributed by atoms with Crippen molar-refractivity contribution < 1.29 is 14.7 Å². The van der Waals surface area contributed by atoms with Gasteiger partial charge in [-0.3, -0.25) is 4.79 Å². The van der Waals surface area contributed by atoms with Gasteiger partial charge in [0.05, 0.1) is 5.41 Å². The van der Waals surface area contributed by atoms with Gasteiger partial charge in [-0.05, 0) is 26.2 Å². The van der Waals surface area contributed by atoms with Crippen molar-refractivity contribution in [2.24, 2.45) is 5.41 Å². The van der Waals surface area contributed by atoms with Crippen LogP contribution in [0.2, 0.25) is 0 Å². The zero-order chi connectivity index (χ0) is 14.2. The highest BCUT2D eigenvalue weighted by molar-refractivity contribution is 5.77. The average molecular weight is 258 g/mol. The van der Waals surface area contributed by atoms with Crippen molar-refractivity contribution in [1.29, 1.82) is 0 Å². The standard InChI is InChI=1S/C13H26N2O3/c1-5-8-15(9-6-2)12(18)14-10-13(4,7-3)11(16)17/h5-10H2,1-4H3,(H,14,18)(H,16,17). The minimum absolute atomic E-state index is 0.167. The van der Waals surface area contributed by atoms with Crippen LogP contribution in [0.25, 0.3) is 0 Å². The van der Waals surface area contributed by atoms with Crippen molar-refractivity contribution >= 4 is 12.0 Å². The fourth-order valence-corrected chi connectivity index (χ4v) is 1.59. The van der Waals surface area contributed by atoms with Gasteiger partial charge < -0.3 is 15.3 Å². The van der Waals surface area contributed by atoms with Gasteiger partial charge in [0, 0.05) is 19.6 Å². The van der Waals surface area contributed by atoms with Crippen LogP contribution < -0.4 is 5.32 Å². The van der Waals surface area contributed by atoms with Gasteiger partial charge in [0.15, 0.2) is 0 Å². The lowest BCUT2D eigenvalue weighted by atomic mass is 9.88. The smallest absolute Gasteiger partial charge is 0.317 e. The Hall–Kier alpha value is -1.26. The van der Waals surface area contributed by atoms with Crippen molar-refractivity contribution in [2.75, 3.05) is 19.6 Å². The first-order valence-electron chi connectivity index (χ1n) is 6.67. The zero-order valence-corrected chi connectivity index (χ0v) is 12.0. The SMILES string of the molecule is CCCN(CCC)C(=O)NCC(C)(CC)C(=O)O. The predicted molar refractivity (Wildman–Crippen MR) is 71.6 cm³/mol. The molecule has 1 unspecified atom stereocenters. The number of nitrogens with zero attached hydrogens (tertiary/aromatic N) is 1. The van der Waals surface area contributed by atoms with E-state index in [2.05, 4.69) is 5.32 Å². The van der Waals surface area contributed by atoms with E-state index in [1.807, 2.05) is 20.8 Å². The summed E-state index contributed by atoms with van der Waals surface area (Å²) in [5.74, 6) is -0.872. The van der Waals surface area contributed by atoms with Crippen LogP contribution in [0.15, 0.2) is 0 Å². The lowest BCUT2D eigenvalue weighted by Gasteiger charge is -2.27. The van der Waals surface area contributed by atoms with Gasteiger partial charge in [0.1, 0.15) is 0 Å². The quantitative estimate of drug-likeness (QED) is 0.702. The van der Waals surface area contributed by atoms with E-state index < -0.39 is 11.4 Å². The molecule has 1 atom stereocenters. The van der Waals surface area contributed by atoms with Crippen molar-refractivity contribution in [3.05, 3.63) is 0 Å². The molecule has 0 rings (SSSR count). The summed E-state index contributed by atoms with van der Waals surface area (Å²) >= 11 is 0. The molecule has 0 bridgehead atoms. The van der Waals surface area contributed by atoms with Crippen molar-refractivity contribution in [3.8, 4) is 0 Å². The van der Waals surface area contributed by atoms with E-state index in [0.717, 1.165) is 12.8 Å². The summed E-state index contributed by atoms with van der Waals surface area (Å²) in [6.45, 7) is 9.08. The van der Waals surface area contributed by atoms with Crippen molar-refractivity contribution in [2.45, 2.75) is 47.0 Å². The van der Waals surface area contributed by atoms with Crippen LogP contribution in [0.4, 0.5) is 4.79 Å². The highest BCUT2D eigenvalue weighted by Crippen LogP contribution is 2.19. The monoisotopic (exact) mass is 258 g/mol. The van der Waals surface area contributed by atoms with E-state index in [0.29, 0.717) is 19.5 Å². The fraction of sp³-hybridized carbons (Fsp3) is 0.846. The maximum absolute atomic E-state index is 11.9. The summed E-state index contributed by atoms with van der Waals surface area (Å²) in [6.07, 6.45) is 2.29. The summed E-state index contributed by atoms with van der Waals surface area (Å²) in [5, 5.41) is 11.9. The number of carboxylic acid groups (broad SMARTS) is 1. The van der Waals surface area contributed by atoms with E-state index in [9.17, 15) is 9.59 Å². The molecule has 0 fully saturated rings. The summed E-state index contributed by atoms with van der Waals surface area (Å²) in [6, 6.07) is -0.167. The number of hydrogen-bond donors (Lipinski definition) is 2. The Morgan fingerprint density at radius 2 is 1.67 bits per heavy atom. The van der Waals surface area contributed by atoms with Gasteiger partial charge in [-0.2, -0.15) is 0 Å². The Morgan fingerprint density at radius 1 is 1.17 bits per heavy atom. The lowest BCUT2D eigenvalue weighted by Crippen LogP contribution is -2.46. The molecule has 2 N–H and O–H groups in total. The highest BCUT2D eigenvalue weighted by Gasteiger charge is 2.31. The first-order valence-corrected chi connectivity index (χ1v) is 6.67. The highest BCUT2D eigenvalue weighted by atomic mass is 16.4. The van der Waals surface area contributed by atoms with Crippen LogP contribution in [-0.2, 0) is 4.79 Å². The number of rotatable bonds is 8. The van der Waals surface area contributed by atoms with Crippen LogP contribution in [0, 0.1) is 5.41 Å². The molecule has 18 heavy (non-hydrogen) atoms. The van der Waals surface area contributed by atoms with Gasteiger partial charge in [-0.15, -0.1) is 0 Å². The summed E-state index contributed by atoms with van der Waals surface area (Å²) < 4.78 is 0. The molecule has 0 aliphatic heterocycles. The molecule has 0 saturated carbocycles. The van der Waals surface area contributed by atoms with Crippen LogP contribution in [0.1, 0.15) is 47.0 Å². The molecule has 0 saturated heterocycles. The molecule has 5 heteroatoms. The Bertz CT molecular complexity index is 275. The molecule has 0 spiro atoms. The summed E-state index contributed by atoms with van der Waals surface area (Å²) in [5.41, 5.74) is -0.889. The van der Waals surface area contributed by atoms with Crippen LogP contribution >= 0.6 is 0 Å². The first kappa shape index (κ1) is 16.7. The molecular weight excluding hydrogens is 232 g/mol. The van der Waals surface area contributed by atoms with Crippen LogP contribution in [0.3, 0.4) is 0 Å². The van der Waals surface area contributed by atoms with Gasteiger partial charge in [0.2, 0.25) is 0 Å². The van der Waals surface area contributed by atoms with Crippen molar-refractivity contribution in [3.63, 3.8) is 0 Å². The third kappa shape index (κ3) is 4.94. The minimum atomic E-state index is -0.889. The number of carbonyl (C=O) groups is 2. The number of carboxylic acids is 1. The first-order chi connectivity index (χ1) is 8.41. The number of carbonyl (C=O) groups excluding carboxylic acids is 1. The van der Waals surface area contributed by atoms with Gasteiger partial charge in [0.25, 0.3) is 0 Å². The second-order valence-corrected chi connectivity index (χ2v) is 4.87. The molecule has 0 heterocycles. The molecule has 0 aromatic carbocycles. The van der Waals surface area contributed by atoms with Gasteiger partial charge in [-0.1, -0.05) is 20.8 Å². The maximum Gasteiger partial charge on any atom is 0.317 e. The number of nitrogens with one attached hydrogen (secondary N) is 1. The Kier molecular flexibility index (Phi) is 7.39. The Labute approximate surface area is 110 Å². The molecule has 0 aliphatic carbocycles. The molecule has 0 radical (unpaired) electrons. The minimum Gasteiger partial charge on any atom is -0.481 e. The molecule has 2 amide bonds.